The lowest BCUT2D eigenvalue weighted by Crippen LogP contribution is -2.30. The number of rotatable bonds is 7. The van der Waals surface area contributed by atoms with Crippen molar-refractivity contribution in [2.75, 3.05) is 13.2 Å². The fourth-order valence-electron chi connectivity index (χ4n) is 1.89. The topological polar surface area (TPSA) is 81.7 Å². The fourth-order valence-corrected chi connectivity index (χ4v) is 2.65. The van der Waals surface area contributed by atoms with Gasteiger partial charge in [-0.2, -0.15) is 13.1 Å². The Bertz CT molecular complexity index is 757. The highest BCUT2D eigenvalue weighted by Gasteiger charge is 2.13. The van der Waals surface area contributed by atoms with E-state index in [9.17, 15) is 13.2 Å². The van der Waals surface area contributed by atoms with Crippen molar-refractivity contribution in [1.29, 1.82) is 0 Å². The van der Waals surface area contributed by atoms with Gasteiger partial charge in [0.15, 0.2) is 0 Å². The second-order valence-corrected chi connectivity index (χ2v) is 5.86. The summed E-state index contributed by atoms with van der Waals surface area (Å²) in [5.74, 6) is -0.252. The van der Waals surface area contributed by atoms with Crippen LogP contribution in [-0.2, 0) is 19.8 Å². The Labute approximate surface area is 129 Å². The van der Waals surface area contributed by atoms with Crippen molar-refractivity contribution in [3.63, 3.8) is 0 Å². The van der Waals surface area contributed by atoms with Gasteiger partial charge < -0.3 is 8.92 Å². The number of ether oxygens (including phenoxy) is 1. The lowest BCUT2D eigenvalue weighted by atomic mass is 10.1. The molecule has 0 fully saturated rings. The second-order valence-electron chi connectivity index (χ2n) is 4.50. The quantitative estimate of drug-likeness (QED) is 0.788. The lowest BCUT2D eigenvalue weighted by Gasteiger charge is -2.08. The van der Waals surface area contributed by atoms with Crippen LogP contribution in [0.25, 0.3) is 10.8 Å². The van der Waals surface area contributed by atoms with Crippen molar-refractivity contribution in [2.45, 2.75) is 13.3 Å². The summed E-state index contributed by atoms with van der Waals surface area (Å²) < 4.78 is 35.4. The Morgan fingerprint density at radius 3 is 2.59 bits per heavy atom. The van der Waals surface area contributed by atoms with Gasteiger partial charge >= 0.3 is 16.3 Å². The summed E-state index contributed by atoms with van der Waals surface area (Å²) in [7, 11) is -3.97. The molecule has 118 valence electrons. The van der Waals surface area contributed by atoms with Gasteiger partial charge in [-0.25, -0.2) is 0 Å². The summed E-state index contributed by atoms with van der Waals surface area (Å²) in [6.45, 7) is 1.87. The number of benzene rings is 2. The molecule has 0 saturated heterocycles. The van der Waals surface area contributed by atoms with Crippen LogP contribution in [0.2, 0.25) is 0 Å². The second kappa shape index (κ2) is 7.24. The summed E-state index contributed by atoms with van der Waals surface area (Å²) in [6.07, 6.45) is -0.0475. The molecule has 2 aromatic rings. The van der Waals surface area contributed by atoms with Gasteiger partial charge in [0.05, 0.1) is 13.0 Å². The zero-order valence-electron chi connectivity index (χ0n) is 12.1. The molecule has 0 heterocycles. The van der Waals surface area contributed by atoms with Crippen molar-refractivity contribution in [3.8, 4) is 5.75 Å². The highest BCUT2D eigenvalue weighted by Crippen LogP contribution is 2.21. The predicted octanol–water partition coefficient (Wildman–Crippen LogP) is 2.01. The van der Waals surface area contributed by atoms with Crippen molar-refractivity contribution < 1.29 is 22.1 Å². The van der Waals surface area contributed by atoms with E-state index in [1.54, 1.807) is 25.1 Å². The SMILES string of the molecule is CCOC(=O)CCNS(=O)(=O)Oc1ccc2ccccc2c1. The van der Waals surface area contributed by atoms with Crippen LogP contribution in [-0.4, -0.2) is 27.5 Å². The standard InChI is InChI=1S/C15H17NO5S/c1-2-20-15(17)9-10-16-22(18,19)21-14-8-7-12-5-3-4-6-13(12)11-14/h3-8,11,16H,2,9-10H2,1H3. The Hall–Kier alpha value is -2.12. The number of hydrogen-bond acceptors (Lipinski definition) is 5. The highest BCUT2D eigenvalue weighted by molar-refractivity contribution is 7.85. The maximum atomic E-state index is 11.8. The molecule has 22 heavy (non-hydrogen) atoms. The minimum atomic E-state index is -3.97. The first-order chi connectivity index (χ1) is 10.5. The normalized spacial score (nSPS) is 11.3. The van der Waals surface area contributed by atoms with Gasteiger partial charge in [-0.1, -0.05) is 30.3 Å². The summed E-state index contributed by atoms with van der Waals surface area (Å²) in [4.78, 5) is 11.1. The number of carbonyl (C=O) groups excluding carboxylic acids is 1. The number of nitrogens with one attached hydrogen (secondary N) is 1. The number of fused-ring (bicyclic) bond motifs is 1. The van der Waals surface area contributed by atoms with Gasteiger partial charge in [0.2, 0.25) is 0 Å². The average molecular weight is 323 g/mol. The number of esters is 1. The molecule has 0 aliphatic carbocycles. The minimum Gasteiger partial charge on any atom is -0.466 e. The van der Waals surface area contributed by atoms with Crippen molar-refractivity contribution in [3.05, 3.63) is 42.5 Å². The zero-order valence-corrected chi connectivity index (χ0v) is 12.9. The molecule has 6 nitrogen and oxygen atoms in total. The van der Waals surface area contributed by atoms with Crippen molar-refractivity contribution >= 4 is 27.0 Å². The van der Waals surface area contributed by atoms with E-state index in [1.165, 1.54) is 0 Å². The van der Waals surface area contributed by atoms with E-state index in [-0.39, 0.29) is 25.3 Å². The van der Waals surface area contributed by atoms with Gasteiger partial charge in [0.25, 0.3) is 0 Å². The zero-order chi connectivity index (χ0) is 16.0. The van der Waals surface area contributed by atoms with E-state index in [0.717, 1.165) is 10.8 Å². The van der Waals surface area contributed by atoms with Crippen LogP contribution in [0, 0.1) is 0 Å². The van der Waals surface area contributed by atoms with E-state index in [0.29, 0.717) is 0 Å². The molecule has 0 atom stereocenters. The molecule has 0 saturated carbocycles. The summed E-state index contributed by atoms with van der Waals surface area (Å²) in [5.41, 5.74) is 0. The van der Waals surface area contributed by atoms with Crippen LogP contribution in [0.15, 0.2) is 42.5 Å². The summed E-state index contributed by atoms with van der Waals surface area (Å²) in [6, 6.07) is 12.5. The average Bonchev–Trinajstić information content (AvgIpc) is 2.46. The molecule has 2 aromatic carbocycles. The first-order valence-corrected chi connectivity index (χ1v) is 8.24. The molecular formula is C15H17NO5S. The largest absolute Gasteiger partial charge is 0.466 e. The molecule has 0 amide bonds. The first kappa shape index (κ1) is 16.3. The molecule has 0 bridgehead atoms. The molecule has 7 heteroatoms. The van der Waals surface area contributed by atoms with Gasteiger partial charge in [-0.3, -0.25) is 4.79 Å². The van der Waals surface area contributed by atoms with Gasteiger partial charge in [-0.05, 0) is 29.8 Å². The highest BCUT2D eigenvalue weighted by atomic mass is 32.2. The van der Waals surface area contributed by atoms with Crippen LogP contribution in [0.4, 0.5) is 0 Å². The molecule has 0 unspecified atom stereocenters. The van der Waals surface area contributed by atoms with E-state index >= 15 is 0 Å². The first-order valence-electron chi connectivity index (χ1n) is 6.83. The van der Waals surface area contributed by atoms with Crippen LogP contribution < -0.4 is 8.91 Å². The monoisotopic (exact) mass is 323 g/mol. The van der Waals surface area contributed by atoms with Gasteiger partial charge in [0.1, 0.15) is 5.75 Å². The summed E-state index contributed by atoms with van der Waals surface area (Å²) >= 11 is 0. The number of hydrogen-bond donors (Lipinski definition) is 1. The van der Waals surface area contributed by atoms with Crippen molar-refractivity contribution in [2.24, 2.45) is 0 Å². The minimum absolute atomic E-state index is 0.0475. The van der Waals surface area contributed by atoms with Crippen LogP contribution in [0.5, 0.6) is 5.75 Å². The predicted molar refractivity (Wildman–Crippen MR) is 82.7 cm³/mol. The molecule has 0 aliphatic heterocycles. The molecule has 0 spiro atoms. The van der Waals surface area contributed by atoms with Gasteiger partial charge in [0, 0.05) is 6.54 Å². The Morgan fingerprint density at radius 1 is 1.14 bits per heavy atom. The third kappa shape index (κ3) is 4.71. The third-order valence-electron chi connectivity index (χ3n) is 2.84. The maximum absolute atomic E-state index is 11.8. The number of carbonyl (C=O) groups is 1. The molecule has 1 N–H and O–H groups in total. The van der Waals surface area contributed by atoms with Crippen molar-refractivity contribution in [1.82, 2.24) is 4.72 Å². The van der Waals surface area contributed by atoms with Crippen LogP contribution in [0.1, 0.15) is 13.3 Å². The van der Waals surface area contributed by atoms with E-state index < -0.39 is 16.3 Å². The Balaban J connectivity index is 1.96. The maximum Gasteiger partial charge on any atom is 0.382 e. The Morgan fingerprint density at radius 2 is 1.86 bits per heavy atom. The Kier molecular flexibility index (Phi) is 5.35. The van der Waals surface area contributed by atoms with Crippen LogP contribution in [0.3, 0.4) is 0 Å². The molecule has 2 rings (SSSR count). The smallest absolute Gasteiger partial charge is 0.382 e. The van der Waals surface area contributed by atoms with E-state index in [1.807, 2.05) is 24.3 Å². The van der Waals surface area contributed by atoms with E-state index in [4.69, 9.17) is 8.92 Å². The lowest BCUT2D eigenvalue weighted by molar-refractivity contribution is -0.142. The van der Waals surface area contributed by atoms with Crippen LogP contribution >= 0.6 is 0 Å². The molecular weight excluding hydrogens is 306 g/mol. The third-order valence-corrected chi connectivity index (χ3v) is 3.81. The fraction of sp³-hybridized carbons (Fsp3) is 0.267. The molecule has 0 aromatic heterocycles. The van der Waals surface area contributed by atoms with Gasteiger partial charge in [-0.15, -0.1) is 0 Å². The van der Waals surface area contributed by atoms with E-state index in [2.05, 4.69) is 4.72 Å². The summed E-state index contributed by atoms with van der Waals surface area (Å²) in [5, 5.41) is 1.87. The molecule has 0 aliphatic rings. The molecule has 0 radical (unpaired) electrons.